The third-order valence-corrected chi connectivity index (χ3v) is 3.45. The van der Waals surface area contributed by atoms with Crippen LogP contribution in [0.25, 0.3) is 0 Å². The molecule has 2 rings (SSSR count). The molecule has 3 heteroatoms. The van der Waals surface area contributed by atoms with Gasteiger partial charge in [-0.25, -0.2) is 4.39 Å². The average molecular weight is 322 g/mol. The van der Waals surface area contributed by atoms with E-state index in [-0.39, 0.29) is 5.82 Å². The molecule has 0 amide bonds. The number of rotatable bonds is 4. The van der Waals surface area contributed by atoms with Crippen molar-refractivity contribution in [1.29, 1.82) is 0 Å². The van der Waals surface area contributed by atoms with Crippen LogP contribution in [0.1, 0.15) is 30.9 Å². The molecule has 0 saturated carbocycles. The summed E-state index contributed by atoms with van der Waals surface area (Å²) >= 11 is 3.30. The van der Waals surface area contributed by atoms with Crippen molar-refractivity contribution in [2.24, 2.45) is 0 Å². The van der Waals surface area contributed by atoms with Crippen molar-refractivity contribution in [3.8, 4) is 0 Å². The van der Waals surface area contributed by atoms with E-state index in [4.69, 9.17) is 0 Å². The minimum Gasteiger partial charge on any atom is -0.381 e. The van der Waals surface area contributed by atoms with E-state index >= 15 is 0 Å². The molecular weight excluding hydrogens is 305 g/mol. The second-order valence-corrected chi connectivity index (χ2v) is 5.82. The Hall–Kier alpha value is -1.35. The maximum atomic E-state index is 13.2. The zero-order valence-electron chi connectivity index (χ0n) is 11.1. The van der Waals surface area contributed by atoms with E-state index in [1.807, 2.05) is 6.07 Å². The van der Waals surface area contributed by atoms with E-state index in [0.29, 0.717) is 12.5 Å². The first-order chi connectivity index (χ1) is 9.04. The van der Waals surface area contributed by atoms with Gasteiger partial charge in [0.25, 0.3) is 0 Å². The number of anilines is 1. The topological polar surface area (TPSA) is 12.0 Å². The third-order valence-electron chi connectivity index (χ3n) is 3.00. The number of halogens is 2. The molecule has 0 aliphatic carbocycles. The molecule has 0 spiro atoms. The van der Waals surface area contributed by atoms with Gasteiger partial charge in [-0.3, -0.25) is 0 Å². The summed E-state index contributed by atoms with van der Waals surface area (Å²) < 4.78 is 14.0. The molecule has 0 fully saturated rings. The van der Waals surface area contributed by atoms with Crippen molar-refractivity contribution in [1.82, 2.24) is 0 Å². The third kappa shape index (κ3) is 4.06. The molecule has 0 bridgehead atoms. The van der Waals surface area contributed by atoms with Gasteiger partial charge in [-0.15, -0.1) is 0 Å². The highest BCUT2D eigenvalue weighted by Gasteiger charge is 2.01. The summed E-state index contributed by atoms with van der Waals surface area (Å²) in [6.45, 7) is 4.96. The van der Waals surface area contributed by atoms with Crippen molar-refractivity contribution in [3.05, 3.63) is 63.9 Å². The molecule has 0 saturated heterocycles. The molecular formula is C16H17BrFN. The van der Waals surface area contributed by atoms with Gasteiger partial charge in [0.15, 0.2) is 0 Å². The fraction of sp³-hybridized carbons (Fsp3) is 0.250. The highest BCUT2D eigenvalue weighted by Crippen LogP contribution is 2.19. The quantitative estimate of drug-likeness (QED) is 0.803. The predicted molar refractivity (Wildman–Crippen MR) is 82.0 cm³/mol. The van der Waals surface area contributed by atoms with E-state index in [9.17, 15) is 4.39 Å². The first-order valence-electron chi connectivity index (χ1n) is 6.33. The van der Waals surface area contributed by atoms with E-state index in [0.717, 1.165) is 15.7 Å². The second kappa shape index (κ2) is 6.20. The first kappa shape index (κ1) is 14.1. The molecule has 2 aromatic carbocycles. The lowest BCUT2D eigenvalue weighted by Crippen LogP contribution is -2.00. The zero-order valence-corrected chi connectivity index (χ0v) is 12.7. The lowest BCUT2D eigenvalue weighted by molar-refractivity contribution is 0.625. The minimum absolute atomic E-state index is 0.221. The van der Waals surface area contributed by atoms with Gasteiger partial charge in [-0.1, -0.05) is 41.9 Å². The highest BCUT2D eigenvalue weighted by molar-refractivity contribution is 9.10. The molecule has 0 unspecified atom stereocenters. The minimum atomic E-state index is -0.221. The van der Waals surface area contributed by atoms with Gasteiger partial charge in [0.1, 0.15) is 5.82 Å². The SMILES string of the molecule is CC(C)c1ccc(NCc2cc(F)cc(Br)c2)cc1. The molecule has 0 aliphatic heterocycles. The van der Waals surface area contributed by atoms with Crippen molar-refractivity contribution in [3.63, 3.8) is 0 Å². The Morgan fingerprint density at radius 1 is 1.11 bits per heavy atom. The normalized spacial score (nSPS) is 10.8. The van der Waals surface area contributed by atoms with Crippen molar-refractivity contribution >= 4 is 21.6 Å². The van der Waals surface area contributed by atoms with Gasteiger partial charge in [-0.05, 0) is 47.4 Å². The highest BCUT2D eigenvalue weighted by atomic mass is 79.9. The van der Waals surface area contributed by atoms with Crippen LogP contribution in [0, 0.1) is 5.82 Å². The fourth-order valence-corrected chi connectivity index (χ4v) is 2.42. The Kier molecular flexibility index (Phi) is 4.59. The maximum absolute atomic E-state index is 13.2. The summed E-state index contributed by atoms with van der Waals surface area (Å²) in [5, 5.41) is 3.29. The van der Waals surface area contributed by atoms with Gasteiger partial charge >= 0.3 is 0 Å². The molecule has 100 valence electrons. The predicted octanol–water partition coefficient (Wildman–Crippen LogP) is 5.32. The molecule has 0 atom stereocenters. The maximum Gasteiger partial charge on any atom is 0.124 e. The van der Waals surface area contributed by atoms with Gasteiger partial charge in [0, 0.05) is 16.7 Å². The number of benzene rings is 2. The molecule has 0 heterocycles. The van der Waals surface area contributed by atoms with Crippen LogP contribution in [0.15, 0.2) is 46.9 Å². The number of nitrogens with one attached hydrogen (secondary N) is 1. The van der Waals surface area contributed by atoms with Crippen molar-refractivity contribution in [2.75, 3.05) is 5.32 Å². The molecule has 0 aromatic heterocycles. The lowest BCUT2D eigenvalue weighted by atomic mass is 10.0. The standard InChI is InChI=1S/C16H17BrFN/c1-11(2)13-3-5-16(6-4-13)19-10-12-7-14(17)9-15(18)8-12/h3-9,11,19H,10H2,1-2H3. The zero-order chi connectivity index (χ0) is 13.8. The summed E-state index contributed by atoms with van der Waals surface area (Å²) in [7, 11) is 0. The second-order valence-electron chi connectivity index (χ2n) is 4.91. The monoisotopic (exact) mass is 321 g/mol. The Bertz CT molecular complexity index is 529. The molecule has 0 aliphatic rings. The van der Waals surface area contributed by atoms with Gasteiger partial charge < -0.3 is 5.32 Å². The van der Waals surface area contributed by atoms with Crippen LogP contribution in [-0.4, -0.2) is 0 Å². The van der Waals surface area contributed by atoms with Gasteiger partial charge in [0.05, 0.1) is 0 Å². The smallest absolute Gasteiger partial charge is 0.124 e. The van der Waals surface area contributed by atoms with Crippen LogP contribution >= 0.6 is 15.9 Å². The summed E-state index contributed by atoms with van der Waals surface area (Å²) in [4.78, 5) is 0. The van der Waals surface area contributed by atoms with Crippen molar-refractivity contribution in [2.45, 2.75) is 26.3 Å². The fourth-order valence-electron chi connectivity index (χ4n) is 1.90. The summed E-state index contributed by atoms with van der Waals surface area (Å²) in [5.41, 5.74) is 3.28. The van der Waals surface area contributed by atoms with E-state index in [1.54, 1.807) is 6.07 Å². The first-order valence-corrected chi connectivity index (χ1v) is 7.12. The van der Waals surface area contributed by atoms with E-state index in [2.05, 4.69) is 59.4 Å². The van der Waals surface area contributed by atoms with Gasteiger partial charge in [-0.2, -0.15) is 0 Å². The average Bonchev–Trinajstić information content (AvgIpc) is 2.36. The Labute approximate surface area is 122 Å². The Morgan fingerprint density at radius 3 is 2.37 bits per heavy atom. The summed E-state index contributed by atoms with van der Waals surface area (Å²) in [6, 6.07) is 13.3. The van der Waals surface area contributed by atoms with E-state index in [1.165, 1.54) is 11.6 Å². The Morgan fingerprint density at radius 2 is 1.79 bits per heavy atom. The number of hydrogen-bond donors (Lipinski definition) is 1. The molecule has 1 nitrogen and oxygen atoms in total. The van der Waals surface area contributed by atoms with Crippen LogP contribution in [0.5, 0.6) is 0 Å². The summed E-state index contributed by atoms with van der Waals surface area (Å²) in [5.74, 6) is 0.314. The number of hydrogen-bond acceptors (Lipinski definition) is 1. The van der Waals surface area contributed by atoms with E-state index < -0.39 is 0 Å². The van der Waals surface area contributed by atoms with Crippen LogP contribution < -0.4 is 5.32 Å². The Balaban J connectivity index is 2.02. The molecule has 2 aromatic rings. The van der Waals surface area contributed by atoms with Crippen LogP contribution in [0.4, 0.5) is 10.1 Å². The molecule has 1 N–H and O–H groups in total. The lowest BCUT2D eigenvalue weighted by Gasteiger charge is -2.09. The molecule has 0 radical (unpaired) electrons. The van der Waals surface area contributed by atoms with Crippen LogP contribution in [-0.2, 0) is 6.54 Å². The van der Waals surface area contributed by atoms with Crippen LogP contribution in [0.2, 0.25) is 0 Å². The molecule has 19 heavy (non-hydrogen) atoms. The largest absolute Gasteiger partial charge is 0.381 e. The van der Waals surface area contributed by atoms with Crippen molar-refractivity contribution < 1.29 is 4.39 Å². The summed E-state index contributed by atoms with van der Waals surface area (Å²) in [6.07, 6.45) is 0. The van der Waals surface area contributed by atoms with Crippen LogP contribution in [0.3, 0.4) is 0 Å². The van der Waals surface area contributed by atoms with Gasteiger partial charge in [0.2, 0.25) is 0 Å².